The van der Waals surface area contributed by atoms with Gasteiger partial charge in [-0.05, 0) is 59.4 Å². The van der Waals surface area contributed by atoms with E-state index >= 15 is 0 Å². The molecule has 2 aliphatic rings. The molecule has 2 bridgehead atoms. The fraction of sp³-hybridized carbons (Fsp3) is 0.304. The number of ketones is 2. The van der Waals surface area contributed by atoms with E-state index in [1.807, 2.05) is 56.3 Å². The third-order valence-electron chi connectivity index (χ3n) is 5.73. The number of carbonyl (C=O) groups excluding carboxylic acids is 2. The van der Waals surface area contributed by atoms with Crippen molar-refractivity contribution in [2.45, 2.75) is 44.6 Å². The molecular weight excluding hydrogens is 360 g/mol. The lowest BCUT2D eigenvalue weighted by molar-refractivity contribution is -0.151. The highest BCUT2D eigenvalue weighted by Crippen LogP contribution is 2.45. The Kier molecular flexibility index (Phi) is 4.43. The molecule has 4 heteroatoms. The van der Waals surface area contributed by atoms with Crippen LogP contribution in [-0.4, -0.2) is 17.2 Å². The SMILES string of the molecule is CCc1ccc(-c2ccc(Cl)cc2)cc1C1C(=O)C2=CC[C@@](CC)(O2)C1=O. The number of halogens is 1. The van der Waals surface area contributed by atoms with Crippen molar-refractivity contribution in [1.82, 2.24) is 0 Å². The van der Waals surface area contributed by atoms with Crippen LogP contribution in [-0.2, 0) is 20.7 Å². The first-order chi connectivity index (χ1) is 13.0. The highest BCUT2D eigenvalue weighted by atomic mass is 35.5. The van der Waals surface area contributed by atoms with Gasteiger partial charge in [-0.15, -0.1) is 0 Å². The predicted molar refractivity (Wildman–Crippen MR) is 106 cm³/mol. The van der Waals surface area contributed by atoms with Crippen molar-refractivity contribution in [3.8, 4) is 11.1 Å². The molecule has 2 aromatic carbocycles. The van der Waals surface area contributed by atoms with Crippen LogP contribution in [0.1, 0.15) is 43.7 Å². The Morgan fingerprint density at radius 2 is 1.78 bits per heavy atom. The summed E-state index contributed by atoms with van der Waals surface area (Å²) >= 11 is 6.00. The molecule has 2 atom stereocenters. The Hall–Kier alpha value is -2.39. The van der Waals surface area contributed by atoms with E-state index < -0.39 is 11.5 Å². The van der Waals surface area contributed by atoms with Crippen LogP contribution < -0.4 is 0 Å². The number of rotatable bonds is 4. The second kappa shape index (κ2) is 6.65. The highest BCUT2D eigenvalue weighted by Gasteiger charge is 2.55. The molecule has 2 aliphatic heterocycles. The third-order valence-corrected chi connectivity index (χ3v) is 5.98. The van der Waals surface area contributed by atoms with E-state index in [4.69, 9.17) is 16.3 Å². The van der Waals surface area contributed by atoms with E-state index in [1.54, 1.807) is 6.08 Å². The van der Waals surface area contributed by atoms with Gasteiger partial charge >= 0.3 is 0 Å². The molecule has 0 spiro atoms. The van der Waals surface area contributed by atoms with Gasteiger partial charge in [0.2, 0.25) is 5.78 Å². The molecule has 27 heavy (non-hydrogen) atoms. The van der Waals surface area contributed by atoms with Crippen LogP contribution in [0, 0.1) is 0 Å². The van der Waals surface area contributed by atoms with Crippen LogP contribution in [0.25, 0.3) is 11.1 Å². The van der Waals surface area contributed by atoms with Crippen molar-refractivity contribution in [3.05, 3.63) is 70.4 Å². The average Bonchev–Trinajstić information content (AvgIpc) is 3.10. The summed E-state index contributed by atoms with van der Waals surface area (Å²) < 4.78 is 5.76. The third kappa shape index (κ3) is 2.81. The zero-order valence-electron chi connectivity index (χ0n) is 15.4. The van der Waals surface area contributed by atoms with Gasteiger partial charge in [0.1, 0.15) is 5.92 Å². The largest absolute Gasteiger partial charge is 0.476 e. The predicted octanol–water partition coefficient (Wildman–Crippen LogP) is 5.26. The summed E-state index contributed by atoms with van der Waals surface area (Å²) in [7, 11) is 0. The number of fused-ring (bicyclic) bond motifs is 2. The first kappa shape index (κ1) is 18.0. The zero-order chi connectivity index (χ0) is 19.2. The minimum absolute atomic E-state index is 0.115. The number of ether oxygens (including phenoxy) is 1. The van der Waals surface area contributed by atoms with Gasteiger partial charge in [-0.2, -0.15) is 0 Å². The lowest BCUT2D eigenvalue weighted by Crippen LogP contribution is -2.48. The number of Topliss-reactive ketones (excluding diaryl/α,β-unsaturated/α-hetero) is 2. The summed E-state index contributed by atoms with van der Waals surface area (Å²) in [6, 6.07) is 13.6. The van der Waals surface area contributed by atoms with Crippen molar-refractivity contribution < 1.29 is 14.3 Å². The molecule has 1 saturated heterocycles. The van der Waals surface area contributed by atoms with Gasteiger partial charge in [0, 0.05) is 11.4 Å². The fourth-order valence-electron chi connectivity index (χ4n) is 4.06. The van der Waals surface area contributed by atoms with Crippen LogP contribution in [0.5, 0.6) is 0 Å². The van der Waals surface area contributed by atoms with Crippen molar-refractivity contribution in [1.29, 1.82) is 0 Å². The normalized spacial score (nSPS) is 24.0. The number of hydrogen-bond acceptors (Lipinski definition) is 3. The van der Waals surface area contributed by atoms with Gasteiger partial charge in [0.05, 0.1) is 0 Å². The number of carbonyl (C=O) groups is 2. The number of allylic oxidation sites excluding steroid dienone is 1. The maximum atomic E-state index is 13.3. The number of hydrogen-bond donors (Lipinski definition) is 0. The van der Waals surface area contributed by atoms with Gasteiger partial charge in [-0.25, -0.2) is 0 Å². The molecule has 1 fully saturated rings. The molecule has 0 aromatic heterocycles. The smallest absolute Gasteiger partial charge is 0.212 e. The van der Waals surface area contributed by atoms with Crippen molar-refractivity contribution in [2.75, 3.05) is 0 Å². The molecule has 138 valence electrons. The monoisotopic (exact) mass is 380 g/mol. The minimum Gasteiger partial charge on any atom is -0.476 e. The minimum atomic E-state index is -0.880. The molecule has 3 nitrogen and oxygen atoms in total. The lowest BCUT2D eigenvalue weighted by atomic mass is 9.76. The summed E-state index contributed by atoms with van der Waals surface area (Å²) in [4.78, 5) is 26.3. The Bertz CT molecular complexity index is 958. The molecule has 0 amide bonds. The van der Waals surface area contributed by atoms with Gasteiger partial charge in [-0.1, -0.05) is 49.7 Å². The molecule has 0 N–H and O–H groups in total. The zero-order valence-corrected chi connectivity index (χ0v) is 16.2. The summed E-state index contributed by atoms with van der Waals surface area (Å²) in [5, 5.41) is 0.673. The number of aryl methyl sites for hydroxylation is 1. The quantitative estimate of drug-likeness (QED) is 0.679. The fourth-order valence-corrected chi connectivity index (χ4v) is 4.18. The molecule has 0 saturated carbocycles. The first-order valence-corrected chi connectivity index (χ1v) is 9.73. The van der Waals surface area contributed by atoms with E-state index in [0.29, 0.717) is 23.6 Å². The van der Waals surface area contributed by atoms with E-state index in [0.717, 1.165) is 28.7 Å². The van der Waals surface area contributed by atoms with Crippen molar-refractivity contribution >= 4 is 23.2 Å². The molecule has 0 aliphatic carbocycles. The Balaban J connectivity index is 1.83. The summed E-state index contributed by atoms with van der Waals surface area (Å²) in [6.07, 6.45) is 3.58. The van der Waals surface area contributed by atoms with Crippen molar-refractivity contribution in [2.24, 2.45) is 0 Å². The van der Waals surface area contributed by atoms with E-state index in [2.05, 4.69) is 0 Å². The molecule has 2 heterocycles. The van der Waals surface area contributed by atoms with Crippen molar-refractivity contribution in [3.63, 3.8) is 0 Å². The Labute approximate surface area is 164 Å². The second-order valence-electron chi connectivity index (χ2n) is 7.16. The number of benzene rings is 2. The van der Waals surface area contributed by atoms with Crippen LogP contribution in [0.3, 0.4) is 0 Å². The summed E-state index contributed by atoms with van der Waals surface area (Å²) in [6.45, 7) is 3.98. The van der Waals surface area contributed by atoms with E-state index in [-0.39, 0.29) is 11.6 Å². The van der Waals surface area contributed by atoms with E-state index in [9.17, 15) is 9.59 Å². The standard InChI is InChI=1S/C23H21ClO3/c1-3-14-5-6-16(15-7-9-17(24)10-8-15)13-18(14)20-21(25)19-11-12-23(4-2,27-19)22(20)26/h5-11,13,20H,3-4,12H2,1-2H3/t20?,23-/m1/s1. The summed E-state index contributed by atoms with van der Waals surface area (Å²) in [5.41, 5.74) is 2.91. The van der Waals surface area contributed by atoms with Crippen LogP contribution in [0.15, 0.2) is 54.3 Å². The van der Waals surface area contributed by atoms with Crippen LogP contribution in [0.4, 0.5) is 0 Å². The van der Waals surface area contributed by atoms with Gasteiger partial charge in [0.25, 0.3) is 0 Å². The Morgan fingerprint density at radius 3 is 2.44 bits per heavy atom. The van der Waals surface area contributed by atoms with Crippen LogP contribution in [0.2, 0.25) is 5.02 Å². The van der Waals surface area contributed by atoms with Gasteiger partial charge in [-0.3, -0.25) is 9.59 Å². The maximum absolute atomic E-state index is 13.3. The summed E-state index contributed by atoms with van der Waals surface area (Å²) in [5.74, 6) is -0.768. The van der Waals surface area contributed by atoms with Gasteiger partial charge < -0.3 is 4.74 Å². The van der Waals surface area contributed by atoms with E-state index in [1.165, 1.54) is 0 Å². The first-order valence-electron chi connectivity index (χ1n) is 9.35. The Morgan fingerprint density at radius 1 is 1.07 bits per heavy atom. The molecule has 4 rings (SSSR count). The molecule has 2 aromatic rings. The average molecular weight is 381 g/mol. The molecular formula is C23H21ClO3. The molecule has 0 radical (unpaired) electrons. The maximum Gasteiger partial charge on any atom is 0.212 e. The molecule has 1 unspecified atom stereocenters. The highest BCUT2D eigenvalue weighted by molar-refractivity contribution is 6.30. The lowest BCUT2D eigenvalue weighted by Gasteiger charge is -2.35. The second-order valence-corrected chi connectivity index (χ2v) is 7.59. The van der Waals surface area contributed by atoms with Crippen LogP contribution >= 0.6 is 11.6 Å². The van der Waals surface area contributed by atoms with Gasteiger partial charge in [0.15, 0.2) is 17.1 Å². The topological polar surface area (TPSA) is 43.4 Å².